The Morgan fingerprint density at radius 3 is 2.89 bits per heavy atom. The summed E-state index contributed by atoms with van der Waals surface area (Å²) in [7, 11) is 0. The zero-order chi connectivity index (χ0) is 12.4. The molecule has 1 aromatic carbocycles. The zero-order valence-corrected chi connectivity index (χ0v) is 10.1. The van der Waals surface area contributed by atoms with Gasteiger partial charge in [-0.3, -0.25) is 4.98 Å². The lowest BCUT2D eigenvalue weighted by Gasteiger charge is -2.14. The Balaban J connectivity index is 1.77. The molecule has 0 spiro atoms. The van der Waals surface area contributed by atoms with Crippen LogP contribution in [0.15, 0.2) is 42.6 Å². The van der Waals surface area contributed by atoms with Crippen LogP contribution in [0.4, 0.5) is 5.69 Å². The Kier molecular flexibility index (Phi) is 2.76. The molecule has 2 aromatic rings. The van der Waals surface area contributed by atoms with Crippen molar-refractivity contribution in [2.45, 2.75) is 13.0 Å². The molecule has 4 heteroatoms. The van der Waals surface area contributed by atoms with Crippen LogP contribution >= 0.6 is 0 Å². The number of ether oxygens (including phenoxy) is 2. The number of nitrogens with one attached hydrogen (secondary N) is 1. The summed E-state index contributed by atoms with van der Waals surface area (Å²) in [5.41, 5.74) is 2.01. The summed E-state index contributed by atoms with van der Waals surface area (Å²) in [6, 6.07) is 11.9. The highest BCUT2D eigenvalue weighted by atomic mass is 16.7. The lowest BCUT2D eigenvalue weighted by atomic mass is 10.2. The predicted molar refractivity (Wildman–Crippen MR) is 68.8 cm³/mol. The van der Waals surface area contributed by atoms with Crippen molar-refractivity contribution in [3.05, 3.63) is 48.3 Å². The van der Waals surface area contributed by atoms with Crippen molar-refractivity contribution in [1.29, 1.82) is 0 Å². The molecule has 0 radical (unpaired) electrons. The number of nitrogens with zero attached hydrogens (tertiary/aromatic N) is 1. The first-order valence-electron chi connectivity index (χ1n) is 5.90. The van der Waals surface area contributed by atoms with E-state index in [1.807, 2.05) is 36.4 Å². The quantitative estimate of drug-likeness (QED) is 0.898. The molecule has 1 aromatic heterocycles. The van der Waals surface area contributed by atoms with Gasteiger partial charge in [0.15, 0.2) is 11.5 Å². The predicted octanol–water partition coefficient (Wildman–Crippen LogP) is 2.98. The van der Waals surface area contributed by atoms with Gasteiger partial charge in [0.2, 0.25) is 6.79 Å². The van der Waals surface area contributed by atoms with Crippen molar-refractivity contribution in [3.8, 4) is 11.5 Å². The summed E-state index contributed by atoms with van der Waals surface area (Å²) in [5, 5.41) is 3.39. The van der Waals surface area contributed by atoms with Crippen molar-refractivity contribution in [3.63, 3.8) is 0 Å². The highest BCUT2D eigenvalue weighted by Gasteiger charge is 2.14. The number of hydrogen-bond donors (Lipinski definition) is 1. The van der Waals surface area contributed by atoms with Gasteiger partial charge in [-0.05, 0) is 31.2 Å². The smallest absolute Gasteiger partial charge is 0.231 e. The summed E-state index contributed by atoms with van der Waals surface area (Å²) < 4.78 is 10.6. The van der Waals surface area contributed by atoms with Gasteiger partial charge in [0.05, 0.1) is 11.7 Å². The third-order valence-corrected chi connectivity index (χ3v) is 2.89. The first kappa shape index (κ1) is 10.9. The monoisotopic (exact) mass is 242 g/mol. The van der Waals surface area contributed by atoms with Crippen LogP contribution in [0.3, 0.4) is 0 Å². The molecule has 1 unspecified atom stereocenters. The lowest BCUT2D eigenvalue weighted by Crippen LogP contribution is -2.07. The van der Waals surface area contributed by atoms with Crippen LogP contribution in [0, 0.1) is 0 Å². The molecule has 92 valence electrons. The van der Waals surface area contributed by atoms with Gasteiger partial charge in [-0.15, -0.1) is 0 Å². The van der Waals surface area contributed by atoms with Crippen molar-refractivity contribution in [1.82, 2.24) is 4.98 Å². The van der Waals surface area contributed by atoms with Crippen molar-refractivity contribution in [2.75, 3.05) is 12.1 Å². The molecule has 3 rings (SSSR count). The van der Waals surface area contributed by atoms with Crippen LogP contribution in [0.1, 0.15) is 18.7 Å². The summed E-state index contributed by atoms with van der Waals surface area (Å²) in [4.78, 5) is 4.33. The fraction of sp³-hybridized carbons (Fsp3) is 0.214. The van der Waals surface area contributed by atoms with Gasteiger partial charge < -0.3 is 14.8 Å². The van der Waals surface area contributed by atoms with Crippen LogP contribution in [0.25, 0.3) is 0 Å². The fourth-order valence-electron chi connectivity index (χ4n) is 1.94. The molecule has 1 atom stereocenters. The maximum atomic E-state index is 5.35. The summed E-state index contributed by atoms with van der Waals surface area (Å²) in [5.74, 6) is 1.58. The molecule has 1 N–H and O–H groups in total. The zero-order valence-electron chi connectivity index (χ0n) is 10.1. The second-order valence-electron chi connectivity index (χ2n) is 4.19. The maximum absolute atomic E-state index is 5.35. The number of fused-ring (bicyclic) bond motifs is 1. The van der Waals surface area contributed by atoms with E-state index in [2.05, 4.69) is 17.2 Å². The van der Waals surface area contributed by atoms with E-state index in [0.717, 1.165) is 22.9 Å². The van der Waals surface area contributed by atoms with Gasteiger partial charge >= 0.3 is 0 Å². The van der Waals surface area contributed by atoms with Crippen LogP contribution < -0.4 is 14.8 Å². The van der Waals surface area contributed by atoms with Gasteiger partial charge in [0, 0.05) is 18.0 Å². The van der Waals surface area contributed by atoms with Gasteiger partial charge in [-0.2, -0.15) is 0 Å². The number of anilines is 1. The van der Waals surface area contributed by atoms with Crippen LogP contribution in [0.2, 0.25) is 0 Å². The molecule has 0 saturated carbocycles. The summed E-state index contributed by atoms with van der Waals surface area (Å²) in [6.07, 6.45) is 1.80. The third-order valence-electron chi connectivity index (χ3n) is 2.89. The Labute approximate surface area is 106 Å². The summed E-state index contributed by atoms with van der Waals surface area (Å²) in [6.45, 7) is 2.38. The number of rotatable bonds is 3. The fourth-order valence-corrected chi connectivity index (χ4v) is 1.94. The average Bonchev–Trinajstić information content (AvgIpc) is 2.87. The van der Waals surface area contributed by atoms with Crippen molar-refractivity contribution >= 4 is 5.69 Å². The van der Waals surface area contributed by atoms with Gasteiger partial charge in [-0.25, -0.2) is 0 Å². The Morgan fingerprint density at radius 1 is 1.17 bits per heavy atom. The number of benzene rings is 1. The standard InChI is InChI=1S/C14H14N2O2/c1-10(12-4-2-3-7-15-12)16-11-5-6-13-14(8-11)18-9-17-13/h2-8,10,16H,9H2,1H3. The second kappa shape index (κ2) is 4.56. The van der Waals surface area contributed by atoms with Crippen LogP contribution in [0.5, 0.6) is 11.5 Å². The molecule has 0 aliphatic carbocycles. The number of aromatic nitrogens is 1. The number of pyridine rings is 1. The van der Waals surface area contributed by atoms with Crippen LogP contribution in [-0.2, 0) is 0 Å². The molecular formula is C14H14N2O2. The van der Waals surface area contributed by atoms with Gasteiger partial charge in [0.25, 0.3) is 0 Å². The Morgan fingerprint density at radius 2 is 2.06 bits per heavy atom. The van der Waals surface area contributed by atoms with E-state index >= 15 is 0 Å². The van der Waals surface area contributed by atoms with E-state index in [1.54, 1.807) is 6.20 Å². The molecule has 0 saturated heterocycles. The second-order valence-corrected chi connectivity index (χ2v) is 4.19. The molecule has 4 nitrogen and oxygen atoms in total. The lowest BCUT2D eigenvalue weighted by molar-refractivity contribution is 0.174. The Hall–Kier alpha value is -2.23. The Bertz CT molecular complexity index is 543. The van der Waals surface area contributed by atoms with Gasteiger partial charge in [-0.1, -0.05) is 6.07 Å². The number of hydrogen-bond acceptors (Lipinski definition) is 4. The highest BCUT2D eigenvalue weighted by Crippen LogP contribution is 2.35. The minimum Gasteiger partial charge on any atom is -0.454 e. The topological polar surface area (TPSA) is 43.4 Å². The minimum atomic E-state index is 0.145. The van der Waals surface area contributed by atoms with Crippen molar-refractivity contribution < 1.29 is 9.47 Å². The molecule has 1 aliphatic rings. The molecule has 0 bridgehead atoms. The minimum absolute atomic E-state index is 0.145. The van der Waals surface area contributed by atoms with E-state index in [-0.39, 0.29) is 6.04 Å². The van der Waals surface area contributed by atoms with E-state index < -0.39 is 0 Å². The van der Waals surface area contributed by atoms with E-state index in [9.17, 15) is 0 Å². The van der Waals surface area contributed by atoms with E-state index in [0.29, 0.717) is 6.79 Å². The average molecular weight is 242 g/mol. The SMILES string of the molecule is CC(Nc1ccc2c(c1)OCO2)c1ccccn1. The van der Waals surface area contributed by atoms with E-state index in [1.165, 1.54) is 0 Å². The van der Waals surface area contributed by atoms with Crippen molar-refractivity contribution in [2.24, 2.45) is 0 Å². The first-order chi connectivity index (χ1) is 8.83. The summed E-state index contributed by atoms with van der Waals surface area (Å²) >= 11 is 0. The van der Waals surface area contributed by atoms with E-state index in [4.69, 9.17) is 9.47 Å². The molecule has 1 aliphatic heterocycles. The normalized spacial score (nSPS) is 14.3. The molecule has 2 heterocycles. The largest absolute Gasteiger partial charge is 0.454 e. The highest BCUT2D eigenvalue weighted by molar-refractivity contribution is 5.56. The molecule has 18 heavy (non-hydrogen) atoms. The molecule has 0 amide bonds. The first-order valence-corrected chi connectivity index (χ1v) is 5.90. The third kappa shape index (κ3) is 2.09. The van der Waals surface area contributed by atoms with Gasteiger partial charge in [0.1, 0.15) is 0 Å². The van der Waals surface area contributed by atoms with Crippen LogP contribution in [-0.4, -0.2) is 11.8 Å². The molecule has 0 fully saturated rings. The molecular weight excluding hydrogens is 228 g/mol. The maximum Gasteiger partial charge on any atom is 0.231 e.